The molecule has 5 rings (SSSR count). The molecule has 0 aliphatic heterocycles. The van der Waals surface area contributed by atoms with Gasteiger partial charge in [-0.15, -0.1) is 0 Å². The SMILES string of the molecule is Cc1cn[nH]c1-n1c(C(Nc2nc(N)nc(C)c2C#N)C2CC2)nc2cccc(Cl)c2c1=O. The summed E-state index contributed by atoms with van der Waals surface area (Å²) in [6.45, 7) is 3.56. The Hall–Kier alpha value is -3.97. The number of nitrogens with zero attached hydrogens (tertiary/aromatic N) is 6. The molecule has 4 N–H and O–H groups in total. The van der Waals surface area contributed by atoms with Crippen LogP contribution in [0, 0.1) is 31.1 Å². The van der Waals surface area contributed by atoms with Gasteiger partial charge in [-0.1, -0.05) is 17.7 Å². The molecule has 0 amide bonds. The van der Waals surface area contributed by atoms with E-state index in [1.54, 1.807) is 31.3 Å². The van der Waals surface area contributed by atoms with Crippen molar-refractivity contribution in [1.29, 1.82) is 5.26 Å². The first-order valence-corrected chi connectivity index (χ1v) is 10.8. The molecule has 4 aromatic rings. The highest BCUT2D eigenvalue weighted by Crippen LogP contribution is 2.43. The van der Waals surface area contributed by atoms with Gasteiger partial charge in [0.15, 0.2) is 0 Å². The number of benzene rings is 1. The fourth-order valence-electron chi connectivity index (χ4n) is 4.00. The number of halogens is 1. The first kappa shape index (κ1) is 20.9. The molecule has 1 fully saturated rings. The first-order chi connectivity index (χ1) is 15.9. The number of aryl methyl sites for hydroxylation is 2. The predicted octanol–water partition coefficient (Wildman–Crippen LogP) is 3.19. The minimum atomic E-state index is -0.412. The molecule has 166 valence electrons. The highest BCUT2D eigenvalue weighted by Gasteiger charge is 2.37. The smallest absolute Gasteiger partial charge is 0.268 e. The van der Waals surface area contributed by atoms with E-state index in [4.69, 9.17) is 22.3 Å². The molecule has 1 aliphatic carbocycles. The van der Waals surface area contributed by atoms with Crippen molar-refractivity contribution in [1.82, 2.24) is 29.7 Å². The van der Waals surface area contributed by atoms with Gasteiger partial charge in [0, 0.05) is 5.56 Å². The Labute approximate surface area is 193 Å². The van der Waals surface area contributed by atoms with Gasteiger partial charge in [-0.2, -0.15) is 15.3 Å². The van der Waals surface area contributed by atoms with Crippen LogP contribution in [0.4, 0.5) is 11.8 Å². The Morgan fingerprint density at radius 3 is 2.76 bits per heavy atom. The minimum absolute atomic E-state index is 0.0589. The Bertz CT molecular complexity index is 1500. The van der Waals surface area contributed by atoms with Gasteiger partial charge < -0.3 is 11.1 Å². The van der Waals surface area contributed by atoms with Crippen LogP contribution in [0.25, 0.3) is 16.7 Å². The van der Waals surface area contributed by atoms with E-state index in [0.29, 0.717) is 44.6 Å². The summed E-state index contributed by atoms with van der Waals surface area (Å²) in [5, 5.41) is 20.7. The number of aromatic amines is 1. The molecule has 3 aromatic heterocycles. The highest BCUT2D eigenvalue weighted by molar-refractivity contribution is 6.35. The zero-order valence-corrected chi connectivity index (χ0v) is 18.7. The Morgan fingerprint density at radius 2 is 2.09 bits per heavy atom. The number of anilines is 2. The zero-order valence-electron chi connectivity index (χ0n) is 17.9. The van der Waals surface area contributed by atoms with E-state index in [1.165, 1.54) is 4.57 Å². The van der Waals surface area contributed by atoms with Crippen molar-refractivity contribution in [2.75, 3.05) is 11.1 Å². The van der Waals surface area contributed by atoms with E-state index in [9.17, 15) is 10.1 Å². The number of nitrogens with one attached hydrogen (secondary N) is 2. The molecule has 1 saturated carbocycles. The largest absolute Gasteiger partial charge is 0.368 e. The van der Waals surface area contributed by atoms with Crippen LogP contribution in [0.1, 0.15) is 41.5 Å². The molecule has 3 heterocycles. The first-order valence-electron chi connectivity index (χ1n) is 10.4. The second-order valence-electron chi connectivity index (χ2n) is 8.11. The van der Waals surface area contributed by atoms with Crippen molar-refractivity contribution in [3.63, 3.8) is 0 Å². The van der Waals surface area contributed by atoms with E-state index in [-0.39, 0.29) is 17.4 Å². The summed E-state index contributed by atoms with van der Waals surface area (Å²) in [6, 6.07) is 6.91. The molecule has 1 atom stereocenters. The molecule has 0 saturated heterocycles. The number of fused-ring (bicyclic) bond motifs is 1. The molecule has 33 heavy (non-hydrogen) atoms. The normalized spacial score (nSPS) is 14.2. The van der Waals surface area contributed by atoms with Crippen molar-refractivity contribution in [3.8, 4) is 11.9 Å². The van der Waals surface area contributed by atoms with Crippen molar-refractivity contribution in [3.05, 3.63) is 62.4 Å². The summed E-state index contributed by atoms with van der Waals surface area (Å²) in [5.41, 5.74) is 7.59. The molecular formula is C22H20ClN9O. The number of nitriles is 1. The number of rotatable bonds is 5. The molecule has 0 bridgehead atoms. The van der Waals surface area contributed by atoms with E-state index in [2.05, 4.69) is 31.6 Å². The van der Waals surface area contributed by atoms with Gasteiger partial charge in [-0.25, -0.2) is 14.5 Å². The number of H-pyrrole nitrogens is 1. The fraction of sp³-hybridized carbons (Fsp3) is 0.273. The quantitative estimate of drug-likeness (QED) is 0.409. The third kappa shape index (κ3) is 3.56. The summed E-state index contributed by atoms with van der Waals surface area (Å²) in [7, 11) is 0. The molecular weight excluding hydrogens is 442 g/mol. The Morgan fingerprint density at radius 1 is 1.30 bits per heavy atom. The standard InChI is InChI=1S/C22H20ClN9O/c1-10-9-26-31-19(10)32-20(28-15-5-3-4-14(23)16(15)21(32)33)17(12-6-7-12)29-18-13(8-24)11(2)27-22(25)30-18/h3-5,9,12,17H,6-7H2,1-2H3,(H,26,31)(H3,25,27,29,30). The summed E-state index contributed by atoms with van der Waals surface area (Å²) in [4.78, 5) is 26.9. The average molecular weight is 462 g/mol. The fourth-order valence-corrected chi connectivity index (χ4v) is 4.25. The third-order valence-corrected chi connectivity index (χ3v) is 6.10. The summed E-state index contributed by atoms with van der Waals surface area (Å²) < 4.78 is 1.51. The van der Waals surface area contributed by atoms with Crippen LogP contribution in [-0.2, 0) is 0 Å². The number of nitrogen functional groups attached to an aromatic ring is 1. The second-order valence-corrected chi connectivity index (χ2v) is 8.52. The molecule has 1 aliphatic rings. The van der Waals surface area contributed by atoms with Gasteiger partial charge in [0.1, 0.15) is 29.1 Å². The number of hydrogen-bond acceptors (Lipinski definition) is 8. The minimum Gasteiger partial charge on any atom is -0.368 e. The lowest BCUT2D eigenvalue weighted by atomic mass is 10.1. The number of hydrogen-bond donors (Lipinski definition) is 3. The molecule has 1 aromatic carbocycles. The van der Waals surface area contributed by atoms with Gasteiger partial charge in [0.2, 0.25) is 5.95 Å². The second kappa shape index (κ2) is 7.86. The Balaban J connectivity index is 1.77. The van der Waals surface area contributed by atoms with Crippen molar-refractivity contribution in [2.45, 2.75) is 32.7 Å². The highest BCUT2D eigenvalue weighted by atomic mass is 35.5. The van der Waals surface area contributed by atoms with Crippen molar-refractivity contribution < 1.29 is 0 Å². The van der Waals surface area contributed by atoms with E-state index < -0.39 is 6.04 Å². The lowest BCUT2D eigenvalue weighted by Gasteiger charge is -2.23. The van der Waals surface area contributed by atoms with Crippen molar-refractivity contribution >= 4 is 34.3 Å². The number of nitrogens with two attached hydrogens (primary N) is 1. The van der Waals surface area contributed by atoms with Crippen molar-refractivity contribution in [2.24, 2.45) is 5.92 Å². The molecule has 0 radical (unpaired) electrons. The topological polar surface area (TPSA) is 151 Å². The van der Waals surface area contributed by atoms with Gasteiger partial charge >= 0.3 is 0 Å². The molecule has 11 heteroatoms. The summed E-state index contributed by atoms with van der Waals surface area (Å²) in [6.07, 6.45) is 3.51. The Kier molecular flexibility index (Phi) is 4.98. The van der Waals surface area contributed by atoms with Crippen LogP contribution in [0.5, 0.6) is 0 Å². The van der Waals surface area contributed by atoms with Crippen LogP contribution < -0.4 is 16.6 Å². The summed E-state index contributed by atoms with van der Waals surface area (Å²) in [5.74, 6) is 1.54. The maximum Gasteiger partial charge on any atom is 0.268 e. The molecule has 1 unspecified atom stereocenters. The average Bonchev–Trinajstić information content (AvgIpc) is 3.52. The third-order valence-electron chi connectivity index (χ3n) is 5.78. The van der Waals surface area contributed by atoms with Gasteiger partial charge in [0.25, 0.3) is 5.56 Å². The molecule has 0 spiro atoms. The summed E-state index contributed by atoms with van der Waals surface area (Å²) >= 11 is 6.38. The number of aromatic nitrogens is 6. The zero-order chi connectivity index (χ0) is 23.3. The van der Waals surface area contributed by atoms with Crippen LogP contribution >= 0.6 is 11.6 Å². The predicted molar refractivity (Wildman–Crippen MR) is 124 cm³/mol. The monoisotopic (exact) mass is 461 g/mol. The maximum absolute atomic E-state index is 13.7. The van der Waals surface area contributed by atoms with Gasteiger partial charge in [-0.3, -0.25) is 9.89 Å². The lowest BCUT2D eigenvalue weighted by Crippen LogP contribution is -2.30. The van der Waals surface area contributed by atoms with Crippen LogP contribution in [-0.4, -0.2) is 29.7 Å². The lowest BCUT2D eigenvalue weighted by molar-refractivity contribution is 0.604. The van der Waals surface area contributed by atoms with Crippen LogP contribution in [0.3, 0.4) is 0 Å². The van der Waals surface area contributed by atoms with Crippen LogP contribution in [0.15, 0.2) is 29.2 Å². The van der Waals surface area contributed by atoms with E-state index >= 15 is 0 Å². The van der Waals surface area contributed by atoms with Crippen LogP contribution in [0.2, 0.25) is 5.02 Å². The van der Waals surface area contributed by atoms with Gasteiger partial charge in [0.05, 0.1) is 33.9 Å². The maximum atomic E-state index is 13.7. The van der Waals surface area contributed by atoms with E-state index in [0.717, 1.165) is 18.4 Å². The van der Waals surface area contributed by atoms with E-state index in [1.807, 2.05) is 6.92 Å². The molecule has 10 nitrogen and oxygen atoms in total. The van der Waals surface area contributed by atoms with Gasteiger partial charge in [-0.05, 0) is 44.7 Å².